The molecule has 3 heterocycles. The zero-order valence-electron chi connectivity index (χ0n) is 14.6. The quantitative estimate of drug-likeness (QED) is 0.725. The van der Waals surface area contributed by atoms with Crippen LogP contribution in [-0.2, 0) is 6.42 Å². The molecule has 1 fully saturated rings. The first-order valence-electron chi connectivity index (χ1n) is 8.62. The van der Waals surface area contributed by atoms with Gasteiger partial charge in [0.1, 0.15) is 17.9 Å². The summed E-state index contributed by atoms with van der Waals surface area (Å²) in [7, 11) is 1.72. The molecule has 0 spiro atoms. The highest BCUT2D eigenvalue weighted by molar-refractivity contribution is 5.59. The molecule has 0 aliphatic carbocycles. The maximum atomic E-state index is 5.50. The first-order valence-corrected chi connectivity index (χ1v) is 8.62. The van der Waals surface area contributed by atoms with E-state index in [1.165, 1.54) is 0 Å². The molecule has 1 aliphatic heterocycles. The fourth-order valence-corrected chi connectivity index (χ4v) is 3.32. The van der Waals surface area contributed by atoms with Crippen molar-refractivity contribution < 1.29 is 4.74 Å². The number of nitrogens with zero attached hydrogens (tertiary/aromatic N) is 6. The molecule has 0 unspecified atom stereocenters. The Hall–Kier alpha value is -2.83. The van der Waals surface area contributed by atoms with Crippen LogP contribution in [0.1, 0.15) is 12.6 Å². The van der Waals surface area contributed by atoms with Gasteiger partial charge >= 0.3 is 0 Å². The standard InChI is InChI=1S/C18H22N6O/c1-3-14-12-17(24-18(21-14)19-13-20-24)23-10-8-22(9-11-23)15-6-4-5-7-16(15)25-2/h4-7,12-13H,3,8-11H2,1-2H3. The number of aryl methyl sites for hydroxylation is 1. The predicted molar refractivity (Wildman–Crippen MR) is 97.6 cm³/mol. The van der Waals surface area contributed by atoms with Crippen molar-refractivity contribution in [2.45, 2.75) is 13.3 Å². The van der Waals surface area contributed by atoms with Crippen LogP contribution in [0.5, 0.6) is 5.75 Å². The van der Waals surface area contributed by atoms with Crippen LogP contribution in [0.25, 0.3) is 5.78 Å². The topological polar surface area (TPSA) is 58.8 Å². The highest BCUT2D eigenvalue weighted by Crippen LogP contribution is 2.29. The van der Waals surface area contributed by atoms with E-state index in [0.717, 1.165) is 55.5 Å². The van der Waals surface area contributed by atoms with E-state index in [0.29, 0.717) is 5.78 Å². The zero-order chi connectivity index (χ0) is 17.2. The SMILES string of the molecule is CCc1cc(N2CCN(c3ccccc3OC)CC2)n2ncnc2n1. The van der Waals surface area contributed by atoms with E-state index in [9.17, 15) is 0 Å². The molecule has 2 aromatic heterocycles. The molecule has 0 radical (unpaired) electrons. The lowest BCUT2D eigenvalue weighted by Gasteiger charge is -2.37. The Morgan fingerprint density at radius 3 is 2.60 bits per heavy atom. The Bertz CT molecular complexity index is 869. The normalized spacial score (nSPS) is 15.0. The maximum Gasteiger partial charge on any atom is 0.254 e. The van der Waals surface area contributed by atoms with Crippen molar-refractivity contribution in [3.05, 3.63) is 42.4 Å². The van der Waals surface area contributed by atoms with E-state index < -0.39 is 0 Å². The Morgan fingerprint density at radius 2 is 1.84 bits per heavy atom. The number of para-hydroxylation sites is 2. The second kappa shape index (κ2) is 6.58. The Labute approximate surface area is 146 Å². The lowest BCUT2D eigenvalue weighted by atomic mass is 10.2. The smallest absolute Gasteiger partial charge is 0.254 e. The van der Waals surface area contributed by atoms with Gasteiger partial charge < -0.3 is 14.5 Å². The molecule has 4 rings (SSSR count). The first-order chi connectivity index (χ1) is 12.3. The monoisotopic (exact) mass is 338 g/mol. The van der Waals surface area contributed by atoms with Gasteiger partial charge in [-0.3, -0.25) is 0 Å². The maximum absolute atomic E-state index is 5.50. The van der Waals surface area contributed by atoms with Gasteiger partial charge in [-0.2, -0.15) is 14.6 Å². The van der Waals surface area contributed by atoms with E-state index >= 15 is 0 Å². The van der Waals surface area contributed by atoms with Crippen LogP contribution >= 0.6 is 0 Å². The van der Waals surface area contributed by atoms with Crippen molar-refractivity contribution in [2.75, 3.05) is 43.1 Å². The molecule has 3 aromatic rings. The van der Waals surface area contributed by atoms with Gasteiger partial charge in [0.15, 0.2) is 0 Å². The zero-order valence-corrected chi connectivity index (χ0v) is 14.6. The number of ether oxygens (including phenoxy) is 1. The van der Waals surface area contributed by atoms with Crippen LogP contribution in [0.15, 0.2) is 36.7 Å². The van der Waals surface area contributed by atoms with Crippen molar-refractivity contribution in [3.8, 4) is 5.75 Å². The van der Waals surface area contributed by atoms with E-state index in [4.69, 9.17) is 4.74 Å². The fraction of sp³-hybridized carbons (Fsp3) is 0.389. The van der Waals surface area contributed by atoms with E-state index in [1.807, 2.05) is 16.6 Å². The highest BCUT2D eigenvalue weighted by Gasteiger charge is 2.22. The molecular weight excluding hydrogens is 316 g/mol. The van der Waals surface area contributed by atoms with Crippen molar-refractivity contribution in [2.24, 2.45) is 0 Å². The molecular formula is C18H22N6O. The molecule has 0 bridgehead atoms. The summed E-state index contributed by atoms with van der Waals surface area (Å²) in [5.74, 6) is 2.66. The molecule has 25 heavy (non-hydrogen) atoms. The lowest BCUT2D eigenvalue weighted by Crippen LogP contribution is -2.47. The number of aromatic nitrogens is 4. The molecule has 7 heteroatoms. The summed E-state index contributed by atoms with van der Waals surface area (Å²) < 4.78 is 7.33. The number of hydrogen-bond donors (Lipinski definition) is 0. The number of anilines is 2. The third-order valence-electron chi connectivity index (χ3n) is 4.68. The van der Waals surface area contributed by atoms with Crippen LogP contribution in [0.3, 0.4) is 0 Å². The van der Waals surface area contributed by atoms with Gasteiger partial charge in [-0.1, -0.05) is 19.1 Å². The number of hydrogen-bond acceptors (Lipinski definition) is 6. The van der Waals surface area contributed by atoms with Gasteiger partial charge in [0.2, 0.25) is 0 Å². The van der Waals surface area contributed by atoms with Gasteiger partial charge in [-0.15, -0.1) is 0 Å². The molecule has 1 aliphatic rings. The van der Waals surface area contributed by atoms with E-state index in [1.54, 1.807) is 13.4 Å². The molecule has 7 nitrogen and oxygen atoms in total. The van der Waals surface area contributed by atoms with Crippen LogP contribution in [-0.4, -0.2) is 52.9 Å². The minimum absolute atomic E-state index is 0.668. The Morgan fingerprint density at radius 1 is 1.08 bits per heavy atom. The summed E-state index contributed by atoms with van der Waals surface area (Å²) in [5.41, 5.74) is 2.20. The van der Waals surface area contributed by atoms with Crippen LogP contribution < -0.4 is 14.5 Å². The Balaban J connectivity index is 1.57. The summed E-state index contributed by atoms with van der Waals surface area (Å²) in [6.07, 6.45) is 2.45. The third-order valence-corrected chi connectivity index (χ3v) is 4.68. The molecule has 0 saturated carbocycles. The average Bonchev–Trinajstić information content (AvgIpc) is 3.16. The summed E-state index contributed by atoms with van der Waals surface area (Å²) in [4.78, 5) is 13.5. The summed E-state index contributed by atoms with van der Waals surface area (Å²) in [5, 5.41) is 4.34. The minimum atomic E-state index is 0.668. The van der Waals surface area contributed by atoms with E-state index in [-0.39, 0.29) is 0 Å². The number of piperazine rings is 1. The predicted octanol–water partition coefficient (Wildman–Crippen LogP) is 2.02. The average molecular weight is 338 g/mol. The third kappa shape index (κ3) is 2.86. The molecule has 1 aromatic carbocycles. The summed E-state index contributed by atoms with van der Waals surface area (Å²) in [6, 6.07) is 10.3. The van der Waals surface area contributed by atoms with Crippen LogP contribution in [0.2, 0.25) is 0 Å². The highest BCUT2D eigenvalue weighted by atomic mass is 16.5. The first kappa shape index (κ1) is 15.7. The van der Waals surface area contributed by atoms with Crippen molar-refractivity contribution in [1.29, 1.82) is 0 Å². The van der Waals surface area contributed by atoms with Gasteiger partial charge in [0, 0.05) is 37.9 Å². The van der Waals surface area contributed by atoms with E-state index in [2.05, 4.69) is 50.0 Å². The Kier molecular flexibility index (Phi) is 4.13. The molecule has 0 atom stereocenters. The second-order valence-corrected chi connectivity index (χ2v) is 6.08. The minimum Gasteiger partial charge on any atom is -0.495 e. The fourth-order valence-electron chi connectivity index (χ4n) is 3.32. The van der Waals surface area contributed by atoms with Crippen molar-refractivity contribution in [3.63, 3.8) is 0 Å². The van der Waals surface area contributed by atoms with Gasteiger partial charge in [0.25, 0.3) is 5.78 Å². The van der Waals surface area contributed by atoms with Crippen molar-refractivity contribution in [1.82, 2.24) is 19.6 Å². The molecule has 0 N–H and O–H groups in total. The molecule has 130 valence electrons. The lowest BCUT2D eigenvalue weighted by molar-refractivity contribution is 0.413. The number of benzene rings is 1. The van der Waals surface area contributed by atoms with Gasteiger partial charge in [0.05, 0.1) is 12.8 Å². The number of methoxy groups -OCH3 is 1. The molecule has 1 saturated heterocycles. The summed E-state index contributed by atoms with van der Waals surface area (Å²) in [6.45, 7) is 5.81. The molecule has 0 amide bonds. The second-order valence-electron chi connectivity index (χ2n) is 6.08. The van der Waals surface area contributed by atoms with Gasteiger partial charge in [-0.05, 0) is 18.6 Å². The number of rotatable bonds is 4. The van der Waals surface area contributed by atoms with Crippen molar-refractivity contribution >= 4 is 17.3 Å². The van der Waals surface area contributed by atoms with Gasteiger partial charge in [-0.25, -0.2) is 4.98 Å². The number of fused-ring (bicyclic) bond motifs is 1. The largest absolute Gasteiger partial charge is 0.495 e. The summed E-state index contributed by atoms with van der Waals surface area (Å²) >= 11 is 0. The van der Waals surface area contributed by atoms with Crippen LogP contribution in [0.4, 0.5) is 11.5 Å². The van der Waals surface area contributed by atoms with Crippen LogP contribution in [0, 0.1) is 0 Å².